The van der Waals surface area contributed by atoms with E-state index in [0.29, 0.717) is 4.88 Å². The summed E-state index contributed by atoms with van der Waals surface area (Å²) in [5.41, 5.74) is 0. The van der Waals surface area contributed by atoms with E-state index in [1.54, 1.807) is 24.2 Å². The van der Waals surface area contributed by atoms with Crippen LogP contribution in [-0.2, 0) is 16.6 Å². The monoisotopic (exact) mass is 295 g/mol. The van der Waals surface area contributed by atoms with Gasteiger partial charge in [0.15, 0.2) is 0 Å². The molecule has 4 nitrogen and oxygen atoms in total. The fourth-order valence-electron chi connectivity index (χ4n) is 1.33. The number of hydrogen-bond acceptors (Lipinski definition) is 5. The SMILES string of the molecule is CSCC(C)N(C)S(=O)(=O)c1csc(CO)c1. The Hall–Kier alpha value is -0.0800. The van der Waals surface area contributed by atoms with Crippen LogP contribution in [0.3, 0.4) is 0 Å². The molecule has 0 spiro atoms. The zero-order valence-corrected chi connectivity index (χ0v) is 12.5. The van der Waals surface area contributed by atoms with Gasteiger partial charge in [0.2, 0.25) is 10.0 Å². The van der Waals surface area contributed by atoms with Gasteiger partial charge in [-0.25, -0.2) is 8.42 Å². The zero-order chi connectivity index (χ0) is 13.1. The minimum atomic E-state index is -3.43. The molecule has 1 aromatic heterocycles. The van der Waals surface area contributed by atoms with Crippen molar-refractivity contribution in [3.8, 4) is 0 Å². The first-order valence-corrected chi connectivity index (χ1v) is 8.80. The Balaban J connectivity index is 2.94. The zero-order valence-electron chi connectivity index (χ0n) is 10.1. The summed E-state index contributed by atoms with van der Waals surface area (Å²) in [6, 6.07) is 1.48. The van der Waals surface area contributed by atoms with Gasteiger partial charge in [-0.15, -0.1) is 11.3 Å². The standard InChI is InChI=1S/C10H17NO3S3/c1-8(6-15-3)11(2)17(13,14)10-4-9(5-12)16-7-10/h4,7-8,12H,5-6H2,1-3H3. The molecular formula is C10H17NO3S3. The summed E-state index contributed by atoms with van der Waals surface area (Å²) in [6.07, 6.45) is 1.95. The molecule has 98 valence electrons. The Bertz CT molecular complexity index is 455. The molecule has 0 aromatic carbocycles. The number of hydrogen-bond donors (Lipinski definition) is 1. The Labute approximate surface area is 111 Å². The maximum absolute atomic E-state index is 12.2. The highest BCUT2D eigenvalue weighted by Gasteiger charge is 2.25. The normalized spacial score (nSPS) is 14.2. The molecule has 1 N–H and O–H groups in total. The quantitative estimate of drug-likeness (QED) is 0.866. The van der Waals surface area contributed by atoms with Crippen LogP contribution in [0.5, 0.6) is 0 Å². The van der Waals surface area contributed by atoms with Crippen LogP contribution in [0, 0.1) is 0 Å². The molecule has 1 unspecified atom stereocenters. The molecule has 0 saturated carbocycles. The maximum atomic E-state index is 12.2. The average molecular weight is 295 g/mol. The summed E-state index contributed by atoms with van der Waals surface area (Å²) < 4.78 is 25.8. The van der Waals surface area contributed by atoms with Gasteiger partial charge in [-0.1, -0.05) is 0 Å². The number of sulfonamides is 1. The third-order valence-electron chi connectivity index (χ3n) is 2.49. The summed E-state index contributed by atoms with van der Waals surface area (Å²) >= 11 is 2.87. The van der Waals surface area contributed by atoms with Gasteiger partial charge >= 0.3 is 0 Å². The van der Waals surface area contributed by atoms with E-state index in [2.05, 4.69) is 0 Å². The van der Waals surface area contributed by atoms with Gasteiger partial charge in [-0.2, -0.15) is 16.1 Å². The van der Waals surface area contributed by atoms with E-state index in [1.165, 1.54) is 21.7 Å². The lowest BCUT2D eigenvalue weighted by atomic mass is 10.4. The molecule has 0 bridgehead atoms. The third-order valence-corrected chi connectivity index (χ3v) is 6.33. The fraction of sp³-hybridized carbons (Fsp3) is 0.600. The first-order valence-electron chi connectivity index (χ1n) is 5.08. The van der Waals surface area contributed by atoms with Crippen LogP contribution < -0.4 is 0 Å². The second kappa shape index (κ2) is 6.19. The number of aliphatic hydroxyl groups is 1. The van der Waals surface area contributed by atoms with Crippen LogP contribution in [0.15, 0.2) is 16.3 Å². The van der Waals surface area contributed by atoms with E-state index in [9.17, 15) is 8.42 Å². The van der Waals surface area contributed by atoms with E-state index in [0.717, 1.165) is 5.75 Å². The molecule has 1 rings (SSSR count). The Morgan fingerprint density at radius 3 is 2.71 bits per heavy atom. The smallest absolute Gasteiger partial charge is 0.243 e. The van der Waals surface area contributed by atoms with Gasteiger partial charge in [0.25, 0.3) is 0 Å². The lowest BCUT2D eigenvalue weighted by Gasteiger charge is -2.23. The molecule has 0 saturated heterocycles. The van der Waals surface area contributed by atoms with Gasteiger partial charge in [-0.05, 0) is 19.2 Å². The van der Waals surface area contributed by atoms with Gasteiger partial charge in [-0.3, -0.25) is 0 Å². The first kappa shape index (κ1) is 15.0. The van der Waals surface area contributed by atoms with Gasteiger partial charge in [0, 0.05) is 29.1 Å². The number of aliphatic hydroxyl groups excluding tert-OH is 1. The van der Waals surface area contributed by atoms with Gasteiger partial charge < -0.3 is 5.11 Å². The largest absolute Gasteiger partial charge is 0.391 e. The van der Waals surface area contributed by atoms with Gasteiger partial charge in [0.1, 0.15) is 0 Å². The Morgan fingerprint density at radius 1 is 1.59 bits per heavy atom. The van der Waals surface area contributed by atoms with Crippen molar-refractivity contribution in [2.75, 3.05) is 19.1 Å². The summed E-state index contributed by atoms with van der Waals surface area (Å²) in [5.74, 6) is 0.757. The molecule has 0 fully saturated rings. The molecule has 0 radical (unpaired) electrons. The molecule has 0 amide bonds. The molecule has 17 heavy (non-hydrogen) atoms. The average Bonchev–Trinajstić information content (AvgIpc) is 2.77. The van der Waals surface area contributed by atoms with Crippen molar-refractivity contribution < 1.29 is 13.5 Å². The van der Waals surface area contributed by atoms with E-state index in [-0.39, 0.29) is 17.5 Å². The van der Waals surface area contributed by atoms with E-state index in [4.69, 9.17) is 5.11 Å². The predicted molar refractivity (Wildman–Crippen MR) is 73.0 cm³/mol. The van der Waals surface area contributed by atoms with Crippen molar-refractivity contribution in [1.82, 2.24) is 4.31 Å². The van der Waals surface area contributed by atoms with Crippen LogP contribution in [-0.4, -0.2) is 42.9 Å². The van der Waals surface area contributed by atoms with Crippen molar-refractivity contribution in [3.63, 3.8) is 0 Å². The van der Waals surface area contributed by atoms with Crippen LogP contribution >= 0.6 is 23.1 Å². The van der Waals surface area contributed by atoms with E-state index < -0.39 is 10.0 Å². The topological polar surface area (TPSA) is 57.6 Å². The highest BCUT2D eigenvalue weighted by atomic mass is 32.2. The number of nitrogens with zero attached hydrogens (tertiary/aromatic N) is 1. The van der Waals surface area contributed by atoms with E-state index >= 15 is 0 Å². The lowest BCUT2D eigenvalue weighted by Crippen LogP contribution is -2.36. The third kappa shape index (κ3) is 3.45. The van der Waals surface area contributed by atoms with Gasteiger partial charge in [0.05, 0.1) is 11.5 Å². The molecule has 1 atom stereocenters. The molecule has 0 aliphatic rings. The summed E-state index contributed by atoms with van der Waals surface area (Å²) in [5, 5.41) is 10.5. The van der Waals surface area contributed by atoms with Crippen LogP contribution in [0.4, 0.5) is 0 Å². The molecule has 0 aliphatic heterocycles. The Kier molecular flexibility index (Phi) is 5.46. The molecule has 1 heterocycles. The predicted octanol–water partition coefficient (Wildman–Crippen LogP) is 1.61. The highest BCUT2D eigenvalue weighted by molar-refractivity contribution is 7.98. The fourth-order valence-corrected chi connectivity index (χ4v) is 4.61. The first-order chi connectivity index (χ1) is 7.93. The summed E-state index contributed by atoms with van der Waals surface area (Å²) in [4.78, 5) is 0.927. The van der Waals surface area contributed by atoms with Crippen LogP contribution in [0.25, 0.3) is 0 Å². The lowest BCUT2D eigenvalue weighted by molar-refractivity contribution is 0.285. The van der Waals surface area contributed by atoms with Crippen molar-refractivity contribution in [1.29, 1.82) is 0 Å². The number of thioether (sulfide) groups is 1. The Morgan fingerprint density at radius 2 is 2.24 bits per heavy atom. The minimum Gasteiger partial charge on any atom is -0.391 e. The summed E-state index contributed by atoms with van der Waals surface area (Å²) in [6.45, 7) is 1.76. The maximum Gasteiger partial charge on any atom is 0.243 e. The van der Waals surface area contributed by atoms with Crippen molar-refractivity contribution in [3.05, 3.63) is 16.3 Å². The van der Waals surface area contributed by atoms with Crippen molar-refractivity contribution in [2.45, 2.75) is 24.5 Å². The minimum absolute atomic E-state index is 0.0486. The van der Waals surface area contributed by atoms with Crippen molar-refractivity contribution in [2.24, 2.45) is 0 Å². The van der Waals surface area contributed by atoms with Crippen LogP contribution in [0.2, 0.25) is 0 Å². The number of rotatable bonds is 6. The molecular weight excluding hydrogens is 278 g/mol. The second-order valence-corrected chi connectivity index (χ2v) is 7.64. The molecule has 0 aliphatic carbocycles. The van der Waals surface area contributed by atoms with Crippen molar-refractivity contribution >= 4 is 33.1 Å². The number of thiophene rings is 1. The van der Waals surface area contributed by atoms with E-state index in [1.807, 2.05) is 13.2 Å². The second-order valence-electron chi connectivity index (χ2n) is 3.73. The molecule has 7 heteroatoms. The highest BCUT2D eigenvalue weighted by Crippen LogP contribution is 2.23. The molecule has 1 aromatic rings. The van der Waals surface area contributed by atoms with Crippen LogP contribution in [0.1, 0.15) is 11.8 Å². The summed E-state index contributed by atoms with van der Waals surface area (Å²) in [7, 11) is -1.84.